The Kier molecular flexibility index (Phi) is 16.0. The van der Waals surface area contributed by atoms with Crippen molar-refractivity contribution in [2.24, 2.45) is 11.8 Å². The van der Waals surface area contributed by atoms with E-state index in [0.29, 0.717) is 0 Å². The molecule has 0 unspecified atom stereocenters. The van der Waals surface area contributed by atoms with E-state index in [0.717, 1.165) is 18.3 Å². The minimum absolute atomic E-state index is 0. The first-order chi connectivity index (χ1) is 16.7. The molecule has 3 aromatic rings. The molecule has 0 aromatic heterocycles. The molecule has 0 N–H and O–H groups in total. The van der Waals surface area contributed by atoms with E-state index in [9.17, 15) is 0 Å². The zero-order chi connectivity index (χ0) is 27.1. The van der Waals surface area contributed by atoms with Gasteiger partial charge in [-0.05, 0) is 10.8 Å². The molecule has 0 spiro atoms. The zero-order valence-electron chi connectivity index (χ0n) is 25.3. The van der Waals surface area contributed by atoms with E-state index in [1.807, 2.05) is 12.2 Å². The molecule has 0 bridgehead atoms. The second kappa shape index (κ2) is 16.4. The third-order valence-electron chi connectivity index (χ3n) is 6.33. The van der Waals surface area contributed by atoms with E-state index in [4.69, 9.17) is 0 Å². The number of rotatable bonds is 4. The summed E-state index contributed by atoms with van der Waals surface area (Å²) < 4.78 is 1.75. The van der Waals surface area contributed by atoms with Gasteiger partial charge in [0.25, 0.3) is 0 Å². The standard InChI is InChI=1S/C21H25.C9H18.C5H5.2ClH.Zr/c1-20(2,3)16-9-7-14-11-15-8-10-17(21(4,5)6)13-19(15)18(14)12-16;1-8(2)6-5-7-9(3)4;1-2-4-5-3-1;;;/h7-13H,1-6H3;8-9H,6-7H2,1-4H3;1-3H,4H2;2*1H;/q-1;;-1;;;+2/p-2. The number of allylic oxidation sites excluding steroid dienone is 4. The summed E-state index contributed by atoms with van der Waals surface area (Å²) in [6.07, 6.45) is 12.7. The molecule has 38 heavy (non-hydrogen) atoms. The van der Waals surface area contributed by atoms with Crippen molar-refractivity contribution in [2.45, 2.75) is 99.3 Å². The summed E-state index contributed by atoms with van der Waals surface area (Å²) in [7, 11) is 0. The molecule has 0 radical (unpaired) electrons. The molecule has 0 aliphatic heterocycles. The normalized spacial score (nSPS) is 12.6. The topological polar surface area (TPSA) is 0 Å². The third kappa shape index (κ3) is 12.1. The fourth-order valence-electron chi connectivity index (χ4n) is 4.34. The Bertz CT molecular complexity index is 1100. The van der Waals surface area contributed by atoms with Crippen molar-refractivity contribution in [2.75, 3.05) is 0 Å². The molecule has 0 heterocycles. The molecule has 4 rings (SSSR count). The Morgan fingerprint density at radius 3 is 1.47 bits per heavy atom. The van der Waals surface area contributed by atoms with Crippen molar-refractivity contribution in [3.8, 4) is 0 Å². The Labute approximate surface area is 261 Å². The van der Waals surface area contributed by atoms with Crippen LogP contribution in [0.3, 0.4) is 0 Å². The summed E-state index contributed by atoms with van der Waals surface area (Å²) in [4.78, 5) is 0. The van der Waals surface area contributed by atoms with Gasteiger partial charge >= 0.3 is 79.8 Å². The van der Waals surface area contributed by atoms with Gasteiger partial charge in [0.2, 0.25) is 0 Å². The Hall–Kier alpha value is -0.877. The minimum atomic E-state index is 0. The monoisotopic (exact) mass is 628 g/mol. The van der Waals surface area contributed by atoms with Crippen LogP contribution in [0.1, 0.15) is 99.6 Å². The fraction of sp³-hybridized carbons (Fsp3) is 0.486. The summed E-state index contributed by atoms with van der Waals surface area (Å²) in [5.74, 6) is 1.71. The van der Waals surface area contributed by atoms with E-state index in [2.05, 4.69) is 124 Å². The second-order valence-corrected chi connectivity index (χ2v) is 14.8. The van der Waals surface area contributed by atoms with Gasteiger partial charge in [0, 0.05) is 0 Å². The van der Waals surface area contributed by atoms with Crippen molar-refractivity contribution in [1.29, 1.82) is 0 Å². The van der Waals surface area contributed by atoms with E-state index in [-0.39, 0.29) is 35.6 Å². The summed E-state index contributed by atoms with van der Waals surface area (Å²) >= 11 is 1.65. The van der Waals surface area contributed by atoms with E-state index in [1.54, 1.807) is 27.4 Å². The van der Waals surface area contributed by atoms with Crippen LogP contribution >= 0.6 is 0 Å². The summed E-state index contributed by atoms with van der Waals surface area (Å²) in [5, 5.41) is 5.49. The number of fused-ring (bicyclic) bond motifs is 3. The second-order valence-electron chi connectivity index (χ2n) is 13.1. The van der Waals surface area contributed by atoms with Crippen LogP contribution in [0.4, 0.5) is 0 Å². The van der Waals surface area contributed by atoms with Crippen LogP contribution in [-0.2, 0) is 35.1 Å². The summed E-state index contributed by atoms with van der Waals surface area (Å²) in [5.41, 5.74) is 3.20. The van der Waals surface area contributed by atoms with Crippen molar-refractivity contribution < 1.29 is 49.0 Å². The maximum atomic E-state index is 2.99. The Balaban J connectivity index is 0.000000676. The average Bonchev–Trinajstić information content (AvgIpc) is 3.42. The van der Waals surface area contributed by atoms with Gasteiger partial charge in [0.05, 0.1) is 0 Å². The molecule has 0 saturated heterocycles. The summed E-state index contributed by atoms with van der Waals surface area (Å²) in [6, 6.07) is 16.1. The van der Waals surface area contributed by atoms with Crippen LogP contribution in [-0.4, -0.2) is 3.21 Å². The maximum absolute atomic E-state index is 2.99. The fourth-order valence-corrected chi connectivity index (χ4v) is 6.35. The Morgan fingerprint density at radius 2 is 1.21 bits per heavy atom. The molecule has 0 saturated carbocycles. The molecule has 1 aliphatic carbocycles. The summed E-state index contributed by atoms with van der Waals surface area (Å²) in [6.45, 7) is 22.8. The van der Waals surface area contributed by atoms with Crippen molar-refractivity contribution in [3.05, 3.63) is 77.9 Å². The maximum Gasteiger partial charge on any atom is -0.109 e. The van der Waals surface area contributed by atoms with Gasteiger partial charge in [0.15, 0.2) is 0 Å². The zero-order valence-corrected chi connectivity index (χ0v) is 29.3. The smallest absolute Gasteiger partial charge is 0.109 e. The van der Waals surface area contributed by atoms with Crippen LogP contribution in [0.15, 0.2) is 60.7 Å². The van der Waals surface area contributed by atoms with Gasteiger partial charge < -0.3 is 24.8 Å². The molecule has 0 atom stereocenters. The molecule has 0 nitrogen and oxygen atoms in total. The van der Waals surface area contributed by atoms with Crippen molar-refractivity contribution in [3.63, 3.8) is 0 Å². The van der Waals surface area contributed by atoms with Crippen LogP contribution in [0.5, 0.6) is 0 Å². The molecule has 0 amide bonds. The van der Waals surface area contributed by atoms with E-state index < -0.39 is 0 Å². The quantitative estimate of drug-likeness (QED) is 0.375. The first-order valence-electron chi connectivity index (χ1n) is 13.6. The Morgan fingerprint density at radius 1 is 0.789 bits per heavy atom. The molecule has 3 heteroatoms. The third-order valence-corrected chi connectivity index (χ3v) is 7.34. The van der Waals surface area contributed by atoms with Gasteiger partial charge in [-0.2, -0.15) is 6.08 Å². The van der Waals surface area contributed by atoms with Crippen LogP contribution in [0.2, 0.25) is 0 Å². The molecular weight excluding hydrogens is 583 g/mol. The molecule has 3 aromatic carbocycles. The number of hydrogen-bond acceptors (Lipinski definition) is 0. The van der Waals surface area contributed by atoms with Crippen LogP contribution in [0.25, 0.3) is 21.5 Å². The van der Waals surface area contributed by atoms with Crippen LogP contribution < -0.4 is 24.8 Å². The number of hydrogen-bond donors (Lipinski definition) is 0. The van der Waals surface area contributed by atoms with Gasteiger partial charge in [-0.25, -0.2) is 12.2 Å². The number of benzene rings is 2. The van der Waals surface area contributed by atoms with E-state index >= 15 is 0 Å². The first kappa shape index (κ1) is 37.1. The molecule has 208 valence electrons. The first-order valence-corrected chi connectivity index (χ1v) is 14.8. The minimum Gasteiger partial charge on any atom is -1.00 e. The van der Waals surface area contributed by atoms with Crippen molar-refractivity contribution in [1.82, 2.24) is 0 Å². The van der Waals surface area contributed by atoms with E-state index in [1.165, 1.54) is 45.5 Å². The predicted molar refractivity (Wildman–Crippen MR) is 160 cm³/mol. The average molecular weight is 631 g/mol. The van der Waals surface area contributed by atoms with Crippen LogP contribution in [0, 0.1) is 17.9 Å². The van der Waals surface area contributed by atoms with Crippen molar-refractivity contribution >= 4 is 24.8 Å². The molecular formula is C35H48Cl2Zr-2. The van der Waals surface area contributed by atoms with Gasteiger partial charge in [-0.1, -0.05) is 76.9 Å². The van der Waals surface area contributed by atoms with Gasteiger partial charge in [-0.15, -0.1) is 46.2 Å². The predicted octanol–water partition coefficient (Wildman–Crippen LogP) is 4.42. The number of halogens is 2. The van der Waals surface area contributed by atoms with Gasteiger partial charge in [-0.3, -0.25) is 6.08 Å². The largest absolute Gasteiger partial charge is 1.00 e. The molecule has 0 fully saturated rings. The SMILES string of the molecule is CC(C)(C)c1ccc2[cH-]c3ccc(C(C)(C)C)cc3c2c1.CC(C)C[C](=[Zr+2])CC(C)C.[C-]1=CC=CC1.[Cl-].[Cl-]. The van der Waals surface area contributed by atoms with Gasteiger partial charge in [0.1, 0.15) is 0 Å². The molecule has 1 aliphatic rings.